The summed E-state index contributed by atoms with van der Waals surface area (Å²) in [5.74, 6) is -0.370. The summed E-state index contributed by atoms with van der Waals surface area (Å²) in [5.41, 5.74) is 0.374. The SMILES string of the molecule is COC(=O)c1ccc([B]OC(C)(C)C(C)(C)O)cc1N1CCOCC1. The van der Waals surface area contributed by atoms with E-state index in [4.69, 9.17) is 14.1 Å². The molecule has 0 aliphatic carbocycles. The van der Waals surface area contributed by atoms with Crippen molar-refractivity contribution in [2.75, 3.05) is 38.3 Å². The van der Waals surface area contributed by atoms with Gasteiger partial charge in [-0.05, 0) is 39.8 Å². The van der Waals surface area contributed by atoms with Gasteiger partial charge in [0, 0.05) is 13.1 Å². The van der Waals surface area contributed by atoms with Crippen molar-refractivity contribution in [3.05, 3.63) is 23.8 Å². The van der Waals surface area contributed by atoms with Crippen LogP contribution in [0.5, 0.6) is 0 Å². The Morgan fingerprint density at radius 3 is 2.44 bits per heavy atom. The Kier molecular flexibility index (Phi) is 6.14. The molecule has 1 N–H and O–H groups in total. The normalized spacial score (nSPS) is 15.8. The van der Waals surface area contributed by atoms with Gasteiger partial charge in [0.15, 0.2) is 0 Å². The van der Waals surface area contributed by atoms with Crippen molar-refractivity contribution < 1.29 is 24.0 Å². The molecule has 0 unspecified atom stereocenters. The fourth-order valence-corrected chi connectivity index (χ4v) is 2.33. The minimum absolute atomic E-state index is 0.370. The van der Waals surface area contributed by atoms with Gasteiger partial charge >= 0.3 is 13.5 Å². The predicted molar refractivity (Wildman–Crippen MR) is 97.7 cm³/mol. The third kappa shape index (κ3) is 4.74. The van der Waals surface area contributed by atoms with E-state index in [1.54, 1.807) is 33.5 Å². The van der Waals surface area contributed by atoms with Gasteiger partial charge in [-0.15, -0.1) is 0 Å². The van der Waals surface area contributed by atoms with Crippen molar-refractivity contribution in [2.24, 2.45) is 0 Å². The number of aliphatic hydroxyl groups is 1. The fraction of sp³-hybridized carbons (Fsp3) is 0.611. The van der Waals surface area contributed by atoms with E-state index in [0.29, 0.717) is 31.9 Å². The molecule has 0 saturated carbocycles. The molecule has 6 nitrogen and oxygen atoms in total. The van der Waals surface area contributed by atoms with E-state index in [1.807, 2.05) is 19.9 Å². The number of carbonyl (C=O) groups excluding carboxylic acids is 1. The Morgan fingerprint density at radius 2 is 1.88 bits per heavy atom. The summed E-state index contributed by atoms with van der Waals surface area (Å²) in [6, 6.07) is 5.44. The fourth-order valence-electron chi connectivity index (χ4n) is 2.33. The molecule has 0 spiro atoms. The monoisotopic (exact) mass is 348 g/mol. The van der Waals surface area contributed by atoms with Crippen LogP contribution in [0.25, 0.3) is 0 Å². The minimum atomic E-state index is -0.998. The number of rotatable bonds is 6. The van der Waals surface area contributed by atoms with Crippen molar-refractivity contribution in [1.29, 1.82) is 0 Å². The number of benzene rings is 1. The molecule has 0 bridgehead atoms. The Labute approximate surface area is 150 Å². The van der Waals surface area contributed by atoms with Crippen LogP contribution < -0.4 is 10.4 Å². The van der Waals surface area contributed by atoms with Gasteiger partial charge in [0.05, 0.1) is 42.8 Å². The number of hydrogen-bond donors (Lipinski definition) is 1. The molecular weight excluding hydrogens is 321 g/mol. The molecular formula is C18H27BNO5. The van der Waals surface area contributed by atoms with Gasteiger partial charge in [0.2, 0.25) is 0 Å². The second kappa shape index (κ2) is 7.76. The highest BCUT2D eigenvalue weighted by Crippen LogP contribution is 2.25. The average Bonchev–Trinajstić information content (AvgIpc) is 2.59. The number of esters is 1. The van der Waals surface area contributed by atoms with Crippen molar-refractivity contribution in [1.82, 2.24) is 0 Å². The van der Waals surface area contributed by atoms with Crippen LogP contribution in [0.3, 0.4) is 0 Å². The summed E-state index contributed by atoms with van der Waals surface area (Å²) in [6.45, 7) is 9.74. The van der Waals surface area contributed by atoms with Crippen LogP contribution >= 0.6 is 0 Å². The zero-order valence-electron chi connectivity index (χ0n) is 15.7. The largest absolute Gasteiger partial charge is 0.465 e. The lowest BCUT2D eigenvalue weighted by atomic mass is 9.82. The number of anilines is 1. The van der Waals surface area contributed by atoms with Gasteiger partial charge < -0.3 is 24.1 Å². The molecule has 0 atom stereocenters. The minimum Gasteiger partial charge on any atom is -0.465 e. The van der Waals surface area contributed by atoms with E-state index in [-0.39, 0.29) is 5.97 Å². The van der Waals surface area contributed by atoms with Crippen LogP contribution in [0, 0.1) is 0 Å². The maximum absolute atomic E-state index is 12.1. The zero-order chi connectivity index (χ0) is 18.7. The molecule has 0 amide bonds. The van der Waals surface area contributed by atoms with Crippen LogP contribution in [-0.4, -0.2) is 63.2 Å². The third-order valence-corrected chi connectivity index (χ3v) is 4.74. The topological polar surface area (TPSA) is 68.2 Å². The highest BCUT2D eigenvalue weighted by Gasteiger charge is 2.35. The predicted octanol–water partition coefficient (Wildman–Crippen LogP) is 1.12. The molecule has 1 aromatic rings. The molecule has 1 aliphatic heterocycles. The van der Waals surface area contributed by atoms with Crippen molar-refractivity contribution >= 4 is 24.6 Å². The molecule has 1 radical (unpaired) electrons. The number of nitrogens with zero attached hydrogens (tertiary/aromatic N) is 1. The number of methoxy groups -OCH3 is 1. The maximum atomic E-state index is 12.1. The summed E-state index contributed by atoms with van der Waals surface area (Å²) in [5, 5.41) is 10.2. The first-order valence-corrected chi connectivity index (χ1v) is 8.44. The van der Waals surface area contributed by atoms with Gasteiger partial charge in [-0.25, -0.2) is 4.79 Å². The quantitative estimate of drug-likeness (QED) is 0.614. The zero-order valence-corrected chi connectivity index (χ0v) is 15.7. The van der Waals surface area contributed by atoms with Gasteiger partial charge in [-0.3, -0.25) is 0 Å². The van der Waals surface area contributed by atoms with Crippen LogP contribution in [0.1, 0.15) is 38.1 Å². The number of ether oxygens (including phenoxy) is 2. The summed E-state index contributed by atoms with van der Waals surface area (Å²) in [7, 11) is 2.99. The van der Waals surface area contributed by atoms with Crippen molar-refractivity contribution in [2.45, 2.75) is 38.9 Å². The van der Waals surface area contributed by atoms with Crippen LogP contribution in [0.2, 0.25) is 0 Å². The number of hydrogen-bond acceptors (Lipinski definition) is 6. The Balaban J connectivity index is 2.24. The molecule has 1 aromatic carbocycles. The Bertz CT molecular complexity index is 606. The summed E-state index contributed by atoms with van der Waals surface area (Å²) >= 11 is 0. The molecule has 1 saturated heterocycles. The molecule has 137 valence electrons. The third-order valence-electron chi connectivity index (χ3n) is 4.74. The lowest BCUT2D eigenvalue weighted by molar-refractivity contribution is -0.0893. The number of morpholine rings is 1. The molecule has 1 aliphatic rings. The average molecular weight is 348 g/mol. The summed E-state index contributed by atoms with van der Waals surface area (Å²) in [4.78, 5) is 14.2. The molecule has 1 heterocycles. The lowest BCUT2D eigenvalue weighted by Crippen LogP contribution is -2.49. The van der Waals surface area contributed by atoms with Gasteiger partial charge in [-0.2, -0.15) is 0 Å². The Hall–Kier alpha value is -1.57. The standard InChI is InChI=1S/C18H27BNO5/c1-17(2,22)18(3,4)25-19-13-6-7-14(16(21)23-5)15(12-13)20-8-10-24-11-9-20/h6-7,12,22H,8-11H2,1-5H3. The first-order valence-electron chi connectivity index (χ1n) is 8.44. The van der Waals surface area contributed by atoms with Crippen molar-refractivity contribution in [3.8, 4) is 0 Å². The molecule has 1 fully saturated rings. The second-order valence-electron chi connectivity index (χ2n) is 7.17. The summed E-state index contributed by atoms with van der Waals surface area (Å²) < 4.78 is 16.1. The van der Waals surface area contributed by atoms with Gasteiger partial charge in [-0.1, -0.05) is 11.5 Å². The lowest BCUT2D eigenvalue weighted by Gasteiger charge is -2.37. The maximum Gasteiger partial charge on any atom is 0.339 e. The van der Waals surface area contributed by atoms with Gasteiger partial charge in [0.1, 0.15) is 0 Å². The number of carbonyl (C=O) groups is 1. The molecule has 0 aromatic heterocycles. The van der Waals surface area contributed by atoms with Crippen LogP contribution in [0.15, 0.2) is 18.2 Å². The van der Waals surface area contributed by atoms with E-state index < -0.39 is 11.2 Å². The highest BCUT2D eigenvalue weighted by atomic mass is 16.5. The molecule has 2 rings (SSSR count). The summed E-state index contributed by atoms with van der Waals surface area (Å²) in [6.07, 6.45) is 0. The van der Waals surface area contributed by atoms with E-state index >= 15 is 0 Å². The van der Waals surface area contributed by atoms with Gasteiger partial charge in [0.25, 0.3) is 0 Å². The van der Waals surface area contributed by atoms with E-state index in [1.165, 1.54) is 7.11 Å². The van der Waals surface area contributed by atoms with E-state index in [2.05, 4.69) is 4.90 Å². The van der Waals surface area contributed by atoms with Crippen molar-refractivity contribution in [3.63, 3.8) is 0 Å². The van der Waals surface area contributed by atoms with E-state index in [9.17, 15) is 9.90 Å². The molecule has 7 heteroatoms. The first kappa shape index (κ1) is 19.8. The van der Waals surface area contributed by atoms with Crippen LogP contribution in [0.4, 0.5) is 5.69 Å². The second-order valence-corrected chi connectivity index (χ2v) is 7.17. The Morgan fingerprint density at radius 1 is 1.24 bits per heavy atom. The smallest absolute Gasteiger partial charge is 0.339 e. The first-order chi connectivity index (χ1) is 11.7. The van der Waals surface area contributed by atoms with Crippen LogP contribution in [-0.2, 0) is 14.1 Å². The van der Waals surface area contributed by atoms with E-state index in [0.717, 1.165) is 11.2 Å². The highest BCUT2D eigenvalue weighted by molar-refractivity contribution is 6.47. The molecule has 25 heavy (non-hydrogen) atoms.